The van der Waals surface area contributed by atoms with E-state index in [2.05, 4.69) is 0 Å². The zero-order valence-electron chi connectivity index (χ0n) is 9.07. The lowest BCUT2D eigenvalue weighted by atomic mass is 10.2. The van der Waals surface area contributed by atoms with Crippen molar-refractivity contribution in [3.63, 3.8) is 0 Å². The van der Waals surface area contributed by atoms with Crippen molar-refractivity contribution < 1.29 is 9.53 Å². The van der Waals surface area contributed by atoms with Gasteiger partial charge < -0.3 is 4.74 Å². The van der Waals surface area contributed by atoms with E-state index in [0.717, 1.165) is 0 Å². The Labute approximate surface area is 104 Å². The molecule has 0 aliphatic heterocycles. The quantitative estimate of drug-likeness (QED) is 0.359. The Kier molecular flexibility index (Phi) is 5.27. The highest BCUT2D eigenvalue weighted by atomic mass is 35.5. The third-order valence-corrected chi connectivity index (χ3v) is 2.32. The van der Waals surface area contributed by atoms with E-state index in [1.54, 1.807) is 12.1 Å². The number of hydrogen-bond donors (Lipinski definition) is 2. The van der Waals surface area contributed by atoms with Crippen molar-refractivity contribution in [2.45, 2.75) is 12.8 Å². The van der Waals surface area contributed by atoms with Crippen LogP contribution in [0.25, 0.3) is 0 Å². The standard InChI is InChI=1S/C11H12ClN3O2/c12-9-6-8(7-13)3-4-10(9)17-5-1-2-11(16)15-14/h3-4,6H,1-2,5,14H2,(H,15,16). The number of hydrogen-bond acceptors (Lipinski definition) is 4. The van der Waals surface area contributed by atoms with Crippen molar-refractivity contribution >= 4 is 17.5 Å². The molecule has 0 aliphatic carbocycles. The number of halogens is 1. The number of nitrogens with two attached hydrogens (primary N) is 1. The lowest BCUT2D eigenvalue weighted by Crippen LogP contribution is -2.29. The Morgan fingerprint density at radius 3 is 2.94 bits per heavy atom. The topological polar surface area (TPSA) is 88.1 Å². The Morgan fingerprint density at radius 2 is 2.35 bits per heavy atom. The fourth-order valence-corrected chi connectivity index (χ4v) is 1.41. The van der Waals surface area contributed by atoms with Crippen molar-refractivity contribution in [1.82, 2.24) is 5.43 Å². The molecule has 0 atom stereocenters. The fourth-order valence-electron chi connectivity index (χ4n) is 1.17. The van der Waals surface area contributed by atoms with Crippen LogP contribution in [-0.2, 0) is 4.79 Å². The van der Waals surface area contributed by atoms with Gasteiger partial charge in [0.25, 0.3) is 0 Å². The number of carbonyl (C=O) groups excluding carboxylic acids is 1. The van der Waals surface area contributed by atoms with Gasteiger partial charge in [0, 0.05) is 6.42 Å². The van der Waals surface area contributed by atoms with Gasteiger partial charge in [0.1, 0.15) is 5.75 Å². The van der Waals surface area contributed by atoms with Gasteiger partial charge in [0.15, 0.2) is 0 Å². The molecular formula is C11H12ClN3O2. The van der Waals surface area contributed by atoms with Crippen LogP contribution < -0.4 is 16.0 Å². The minimum absolute atomic E-state index is 0.237. The Bertz CT molecular complexity index is 443. The summed E-state index contributed by atoms with van der Waals surface area (Å²) in [7, 11) is 0. The monoisotopic (exact) mass is 253 g/mol. The molecule has 17 heavy (non-hydrogen) atoms. The molecule has 1 amide bonds. The Hall–Kier alpha value is -1.77. The molecule has 1 aromatic rings. The maximum absolute atomic E-state index is 10.8. The molecule has 0 radical (unpaired) electrons. The summed E-state index contributed by atoms with van der Waals surface area (Å²) in [4.78, 5) is 10.8. The predicted octanol–water partition coefficient (Wildman–Crippen LogP) is 1.36. The van der Waals surface area contributed by atoms with Gasteiger partial charge in [0.05, 0.1) is 23.3 Å². The molecule has 1 rings (SSSR count). The molecule has 0 unspecified atom stereocenters. The molecule has 0 heterocycles. The normalized spacial score (nSPS) is 9.47. The van der Waals surface area contributed by atoms with Gasteiger partial charge in [-0.3, -0.25) is 10.2 Å². The largest absolute Gasteiger partial charge is 0.492 e. The fraction of sp³-hybridized carbons (Fsp3) is 0.273. The highest BCUT2D eigenvalue weighted by Gasteiger charge is 2.03. The van der Waals surface area contributed by atoms with Crippen LogP contribution in [0, 0.1) is 11.3 Å². The summed E-state index contributed by atoms with van der Waals surface area (Å²) in [6.07, 6.45) is 0.837. The number of rotatable bonds is 5. The van der Waals surface area contributed by atoms with Gasteiger partial charge in [-0.1, -0.05) is 11.6 Å². The minimum atomic E-state index is -0.237. The highest BCUT2D eigenvalue weighted by molar-refractivity contribution is 6.32. The van der Waals surface area contributed by atoms with Crippen molar-refractivity contribution in [1.29, 1.82) is 5.26 Å². The molecule has 0 spiro atoms. The Balaban J connectivity index is 2.42. The number of ether oxygens (including phenoxy) is 1. The third kappa shape index (κ3) is 4.31. The van der Waals surface area contributed by atoms with Crippen molar-refractivity contribution in [2.24, 2.45) is 5.84 Å². The zero-order chi connectivity index (χ0) is 12.7. The van der Waals surface area contributed by atoms with Crippen molar-refractivity contribution in [3.8, 4) is 11.8 Å². The van der Waals surface area contributed by atoms with Crippen LogP contribution in [0.1, 0.15) is 18.4 Å². The summed E-state index contributed by atoms with van der Waals surface area (Å²) in [5.41, 5.74) is 2.51. The third-order valence-electron chi connectivity index (χ3n) is 2.03. The van der Waals surface area contributed by atoms with E-state index in [9.17, 15) is 4.79 Å². The summed E-state index contributed by atoms with van der Waals surface area (Å²) in [6, 6.07) is 6.76. The number of benzene rings is 1. The summed E-state index contributed by atoms with van der Waals surface area (Å²) in [5, 5.41) is 9.03. The van der Waals surface area contributed by atoms with E-state index in [0.29, 0.717) is 35.8 Å². The van der Waals surface area contributed by atoms with Gasteiger partial charge in [0.2, 0.25) is 5.91 Å². The van der Waals surface area contributed by atoms with Gasteiger partial charge in [-0.2, -0.15) is 5.26 Å². The van der Waals surface area contributed by atoms with Gasteiger partial charge in [-0.05, 0) is 24.6 Å². The van der Waals surface area contributed by atoms with Crippen LogP contribution in [-0.4, -0.2) is 12.5 Å². The molecule has 3 N–H and O–H groups in total. The summed E-state index contributed by atoms with van der Waals surface area (Å²) in [6.45, 7) is 0.360. The molecule has 0 aromatic heterocycles. The minimum Gasteiger partial charge on any atom is -0.492 e. The highest BCUT2D eigenvalue weighted by Crippen LogP contribution is 2.25. The number of hydrazine groups is 1. The number of carbonyl (C=O) groups is 1. The summed E-state index contributed by atoms with van der Waals surface area (Å²) >= 11 is 5.90. The number of nitriles is 1. The van der Waals surface area contributed by atoms with Crippen LogP contribution in [0.5, 0.6) is 5.75 Å². The number of nitrogens with one attached hydrogen (secondary N) is 1. The van der Waals surface area contributed by atoms with Crippen LogP contribution in [0.3, 0.4) is 0 Å². The molecule has 0 bridgehead atoms. The number of nitrogens with zero attached hydrogens (tertiary/aromatic N) is 1. The maximum Gasteiger partial charge on any atom is 0.234 e. The summed E-state index contributed by atoms with van der Waals surface area (Å²) < 4.78 is 5.37. The van der Waals surface area contributed by atoms with E-state index in [1.807, 2.05) is 11.5 Å². The SMILES string of the molecule is N#Cc1ccc(OCCCC(=O)NN)c(Cl)c1. The van der Waals surface area contributed by atoms with Crippen molar-refractivity contribution in [2.75, 3.05) is 6.61 Å². The zero-order valence-corrected chi connectivity index (χ0v) is 9.83. The van der Waals surface area contributed by atoms with Crippen LogP contribution >= 0.6 is 11.6 Å². The molecule has 90 valence electrons. The van der Waals surface area contributed by atoms with E-state index >= 15 is 0 Å². The van der Waals surface area contributed by atoms with E-state index < -0.39 is 0 Å². The summed E-state index contributed by atoms with van der Waals surface area (Å²) in [5.74, 6) is 5.19. The number of amides is 1. The first-order valence-electron chi connectivity index (χ1n) is 4.99. The van der Waals surface area contributed by atoms with E-state index in [-0.39, 0.29) is 5.91 Å². The molecule has 1 aromatic carbocycles. The lowest BCUT2D eigenvalue weighted by Gasteiger charge is -2.07. The first-order valence-corrected chi connectivity index (χ1v) is 5.37. The van der Waals surface area contributed by atoms with E-state index in [1.165, 1.54) is 6.07 Å². The second-order valence-electron chi connectivity index (χ2n) is 3.28. The average Bonchev–Trinajstić information content (AvgIpc) is 2.35. The molecule has 0 saturated heterocycles. The smallest absolute Gasteiger partial charge is 0.234 e. The van der Waals surface area contributed by atoms with Crippen LogP contribution in [0.4, 0.5) is 0 Å². The first-order chi connectivity index (χ1) is 8.17. The van der Waals surface area contributed by atoms with Gasteiger partial charge in [-0.15, -0.1) is 0 Å². The molecule has 5 nitrogen and oxygen atoms in total. The van der Waals surface area contributed by atoms with Gasteiger partial charge >= 0.3 is 0 Å². The van der Waals surface area contributed by atoms with Crippen molar-refractivity contribution in [3.05, 3.63) is 28.8 Å². The van der Waals surface area contributed by atoms with Gasteiger partial charge in [-0.25, -0.2) is 5.84 Å². The van der Waals surface area contributed by atoms with E-state index in [4.69, 9.17) is 27.4 Å². The second-order valence-corrected chi connectivity index (χ2v) is 3.68. The molecule has 0 fully saturated rings. The predicted molar refractivity (Wildman–Crippen MR) is 63.2 cm³/mol. The molecule has 0 saturated carbocycles. The average molecular weight is 254 g/mol. The maximum atomic E-state index is 10.8. The lowest BCUT2D eigenvalue weighted by molar-refractivity contribution is -0.121. The Morgan fingerprint density at radius 1 is 1.59 bits per heavy atom. The molecule has 0 aliphatic rings. The van der Waals surface area contributed by atoms with Crippen LogP contribution in [0.2, 0.25) is 5.02 Å². The molecule has 6 heteroatoms. The second kappa shape index (κ2) is 6.74. The first kappa shape index (κ1) is 13.3. The molecular weight excluding hydrogens is 242 g/mol. The van der Waals surface area contributed by atoms with Crippen LogP contribution in [0.15, 0.2) is 18.2 Å².